The summed E-state index contributed by atoms with van der Waals surface area (Å²) in [6.07, 6.45) is 3.81. The Bertz CT molecular complexity index is 366. The lowest BCUT2D eigenvalue weighted by Crippen LogP contribution is -2.44. The maximum atomic E-state index is 5.37. The van der Waals surface area contributed by atoms with Crippen LogP contribution in [0.4, 0.5) is 0 Å². The van der Waals surface area contributed by atoms with E-state index in [1.807, 2.05) is 19.3 Å². The van der Waals surface area contributed by atoms with Crippen LogP contribution in [-0.2, 0) is 15.9 Å². The Hall–Kier alpha value is -0.970. The van der Waals surface area contributed by atoms with Crippen molar-refractivity contribution in [2.45, 2.75) is 31.1 Å². The lowest BCUT2D eigenvalue weighted by atomic mass is 9.96. The van der Waals surface area contributed by atoms with Crippen molar-refractivity contribution in [2.75, 3.05) is 21.3 Å². The largest absolute Gasteiger partial charge is 0.354 e. The maximum Gasteiger partial charge on any atom is 0.172 e. The zero-order valence-corrected chi connectivity index (χ0v) is 10.6. The van der Waals surface area contributed by atoms with Gasteiger partial charge < -0.3 is 14.8 Å². The molecule has 2 rings (SSSR count). The predicted octanol–water partition coefficient (Wildman–Crippen LogP) is 1.32. The van der Waals surface area contributed by atoms with E-state index in [2.05, 4.69) is 16.4 Å². The minimum atomic E-state index is -0.238. The van der Waals surface area contributed by atoms with Crippen molar-refractivity contribution in [3.8, 4) is 0 Å². The number of hydrogen-bond donors (Lipinski definition) is 1. The van der Waals surface area contributed by atoms with E-state index in [9.17, 15) is 0 Å². The summed E-state index contributed by atoms with van der Waals surface area (Å²) in [5.74, 6) is 0.362. The van der Waals surface area contributed by atoms with Gasteiger partial charge >= 0.3 is 0 Å². The molecule has 1 heterocycles. The van der Waals surface area contributed by atoms with E-state index >= 15 is 0 Å². The molecule has 0 aliphatic heterocycles. The quantitative estimate of drug-likeness (QED) is 0.783. The minimum absolute atomic E-state index is 0.140. The Morgan fingerprint density at radius 3 is 2.82 bits per heavy atom. The molecule has 0 fully saturated rings. The second kappa shape index (κ2) is 5.58. The fraction of sp³-hybridized carbons (Fsp3) is 0.615. The van der Waals surface area contributed by atoms with Gasteiger partial charge in [-0.25, -0.2) is 0 Å². The molecule has 0 saturated carbocycles. The van der Waals surface area contributed by atoms with Gasteiger partial charge in [-0.05, 0) is 31.5 Å². The van der Waals surface area contributed by atoms with Gasteiger partial charge in [0.15, 0.2) is 6.29 Å². The lowest BCUT2D eigenvalue weighted by molar-refractivity contribution is -0.126. The van der Waals surface area contributed by atoms with E-state index in [0.717, 1.165) is 12.8 Å². The number of nitrogens with one attached hydrogen (secondary N) is 1. The van der Waals surface area contributed by atoms with Gasteiger partial charge in [0.25, 0.3) is 0 Å². The number of aryl methyl sites for hydroxylation is 1. The van der Waals surface area contributed by atoms with Gasteiger partial charge in [-0.2, -0.15) is 0 Å². The van der Waals surface area contributed by atoms with E-state index in [0.29, 0.717) is 5.92 Å². The highest BCUT2D eigenvalue weighted by Gasteiger charge is 2.35. The second-order valence-corrected chi connectivity index (χ2v) is 4.35. The zero-order chi connectivity index (χ0) is 12.3. The highest BCUT2D eigenvalue weighted by molar-refractivity contribution is 5.30. The van der Waals surface area contributed by atoms with Crippen LogP contribution in [-0.4, -0.2) is 38.6 Å². The summed E-state index contributed by atoms with van der Waals surface area (Å²) in [6, 6.07) is 4.30. The van der Waals surface area contributed by atoms with Crippen LogP contribution in [0.3, 0.4) is 0 Å². The molecule has 1 aliphatic rings. The molecule has 1 aliphatic carbocycles. The molecule has 0 amide bonds. The van der Waals surface area contributed by atoms with Crippen LogP contribution >= 0.6 is 0 Å². The highest BCUT2D eigenvalue weighted by atomic mass is 16.7. The van der Waals surface area contributed by atoms with Crippen LogP contribution in [0.1, 0.15) is 23.6 Å². The fourth-order valence-corrected chi connectivity index (χ4v) is 2.71. The first-order valence-electron chi connectivity index (χ1n) is 5.98. The van der Waals surface area contributed by atoms with Crippen molar-refractivity contribution < 1.29 is 9.47 Å². The fourth-order valence-electron chi connectivity index (χ4n) is 2.71. The van der Waals surface area contributed by atoms with Crippen molar-refractivity contribution in [3.05, 3.63) is 29.6 Å². The number of likely N-dealkylation sites (N-methyl/N-ethyl adjacent to an activating group) is 1. The van der Waals surface area contributed by atoms with Crippen molar-refractivity contribution in [2.24, 2.45) is 0 Å². The van der Waals surface area contributed by atoms with Gasteiger partial charge in [0.1, 0.15) is 0 Å². The van der Waals surface area contributed by atoms with Crippen molar-refractivity contribution >= 4 is 0 Å². The third-order valence-electron chi connectivity index (χ3n) is 3.53. The van der Waals surface area contributed by atoms with Crippen LogP contribution in [0.5, 0.6) is 0 Å². The summed E-state index contributed by atoms with van der Waals surface area (Å²) < 4.78 is 10.7. The number of nitrogens with zero attached hydrogens (tertiary/aromatic N) is 1. The second-order valence-electron chi connectivity index (χ2n) is 4.35. The van der Waals surface area contributed by atoms with Gasteiger partial charge in [0.2, 0.25) is 0 Å². The molecule has 94 valence electrons. The molecule has 0 saturated heterocycles. The summed E-state index contributed by atoms with van der Waals surface area (Å²) in [6.45, 7) is 0. The average Bonchev–Trinajstić information content (AvgIpc) is 2.79. The normalized spacial score (nSPS) is 20.6. The lowest BCUT2D eigenvalue weighted by Gasteiger charge is -2.29. The third kappa shape index (κ3) is 2.34. The summed E-state index contributed by atoms with van der Waals surface area (Å²) >= 11 is 0. The number of hydrogen-bond acceptors (Lipinski definition) is 4. The molecule has 1 aromatic rings. The molecule has 17 heavy (non-hydrogen) atoms. The molecule has 4 nitrogen and oxygen atoms in total. The Morgan fingerprint density at radius 1 is 1.41 bits per heavy atom. The molecule has 0 radical (unpaired) electrons. The van der Waals surface area contributed by atoms with E-state index in [1.54, 1.807) is 14.2 Å². The molecule has 1 aromatic heterocycles. The summed E-state index contributed by atoms with van der Waals surface area (Å²) in [4.78, 5) is 4.51. The van der Waals surface area contributed by atoms with Gasteiger partial charge in [-0.3, -0.25) is 4.98 Å². The van der Waals surface area contributed by atoms with Gasteiger partial charge in [-0.15, -0.1) is 0 Å². The first-order valence-corrected chi connectivity index (χ1v) is 5.98. The number of fused-ring (bicyclic) bond motifs is 1. The summed E-state index contributed by atoms with van der Waals surface area (Å²) in [7, 11) is 5.29. The molecular weight excluding hydrogens is 216 g/mol. The van der Waals surface area contributed by atoms with Crippen LogP contribution in [0, 0.1) is 0 Å². The van der Waals surface area contributed by atoms with E-state index in [4.69, 9.17) is 9.47 Å². The molecule has 0 bridgehead atoms. The Balaban J connectivity index is 2.22. The number of aromatic nitrogens is 1. The molecule has 4 heteroatoms. The standard InChI is InChI=1S/C13H20N2O2/c1-14-12(13(16-2)17-3)10-7-6-9-5-4-8-15-11(9)10/h4-5,8,10,12-14H,6-7H2,1-3H3. The Kier molecular flexibility index (Phi) is 4.10. The van der Waals surface area contributed by atoms with Gasteiger partial charge in [0, 0.05) is 32.0 Å². The van der Waals surface area contributed by atoms with Crippen LogP contribution < -0.4 is 5.32 Å². The highest BCUT2D eigenvalue weighted by Crippen LogP contribution is 2.35. The Morgan fingerprint density at radius 2 is 2.18 bits per heavy atom. The molecule has 2 atom stereocenters. The molecule has 2 unspecified atom stereocenters. The van der Waals surface area contributed by atoms with E-state index in [-0.39, 0.29) is 12.3 Å². The summed E-state index contributed by atoms with van der Waals surface area (Å²) in [5, 5.41) is 3.30. The van der Waals surface area contributed by atoms with E-state index in [1.165, 1.54) is 11.3 Å². The smallest absolute Gasteiger partial charge is 0.172 e. The molecule has 0 aromatic carbocycles. The number of methoxy groups -OCH3 is 2. The van der Waals surface area contributed by atoms with Crippen LogP contribution in [0.25, 0.3) is 0 Å². The van der Waals surface area contributed by atoms with Crippen molar-refractivity contribution in [3.63, 3.8) is 0 Å². The Labute approximate surface area is 102 Å². The topological polar surface area (TPSA) is 43.4 Å². The molecule has 0 spiro atoms. The summed E-state index contributed by atoms with van der Waals surface area (Å²) in [5.41, 5.74) is 2.54. The van der Waals surface area contributed by atoms with Gasteiger partial charge in [0.05, 0.1) is 6.04 Å². The average molecular weight is 236 g/mol. The first kappa shape index (κ1) is 12.5. The maximum absolute atomic E-state index is 5.37. The monoisotopic (exact) mass is 236 g/mol. The number of pyridine rings is 1. The minimum Gasteiger partial charge on any atom is -0.354 e. The van der Waals surface area contributed by atoms with Crippen molar-refractivity contribution in [1.82, 2.24) is 10.3 Å². The van der Waals surface area contributed by atoms with Crippen LogP contribution in [0.15, 0.2) is 18.3 Å². The first-order chi connectivity index (χ1) is 8.31. The van der Waals surface area contributed by atoms with Gasteiger partial charge in [-0.1, -0.05) is 6.07 Å². The zero-order valence-electron chi connectivity index (χ0n) is 10.6. The van der Waals surface area contributed by atoms with Crippen LogP contribution in [0.2, 0.25) is 0 Å². The third-order valence-corrected chi connectivity index (χ3v) is 3.53. The van der Waals surface area contributed by atoms with E-state index < -0.39 is 0 Å². The predicted molar refractivity (Wildman–Crippen MR) is 66.0 cm³/mol. The number of rotatable bonds is 5. The molecule has 1 N–H and O–H groups in total. The molecular formula is C13H20N2O2. The SMILES string of the molecule is CNC(C(OC)OC)C1CCc2cccnc21. The van der Waals surface area contributed by atoms with Crippen molar-refractivity contribution in [1.29, 1.82) is 0 Å². The number of ether oxygens (including phenoxy) is 2.